The summed E-state index contributed by atoms with van der Waals surface area (Å²) in [5.74, 6) is 4.11. The zero-order chi connectivity index (χ0) is 11.7. The normalized spacial score (nSPS) is 33.1. The molecular formula is C15H23NO. The van der Waals surface area contributed by atoms with E-state index < -0.39 is 0 Å². The molecule has 1 heterocycles. The second kappa shape index (κ2) is 4.85. The monoisotopic (exact) mass is 233 g/mol. The van der Waals surface area contributed by atoms with Crippen molar-refractivity contribution >= 4 is 0 Å². The molecule has 2 saturated carbocycles. The summed E-state index contributed by atoms with van der Waals surface area (Å²) >= 11 is 0. The van der Waals surface area contributed by atoms with Gasteiger partial charge < -0.3 is 9.73 Å². The molecule has 2 aliphatic carbocycles. The zero-order valence-electron chi connectivity index (χ0n) is 10.7. The average Bonchev–Trinajstić information content (AvgIpc) is 3.06. The first kappa shape index (κ1) is 11.3. The van der Waals surface area contributed by atoms with Gasteiger partial charge in [-0.15, -0.1) is 0 Å². The van der Waals surface area contributed by atoms with Crippen LogP contribution in [0.4, 0.5) is 0 Å². The number of hydrogen-bond donors (Lipinski definition) is 1. The smallest absolute Gasteiger partial charge is 0.120 e. The summed E-state index contributed by atoms with van der Waals surface area (Å²) in [6, 6.07) is 4.54. The average molecular weight is 233 g/mol. The van der Waals surface area contributed by atoms with Crippen molar-refractivity contribution in [1.29, 1.82) is 0 Å². The Labute approximate surface area is 104 Å². The van der Waals surface area contributed by atoms with E-state index in [4.69, 9.17) is 4.42 Å². The summed E-state index contributed by atoms with van der Waals surface area (Å²) in [5, 5.41) is 3.58. The molecular weight excluding hydrogens is 210 g/mol. The SMILES string of the molecule is CCNC(CC1CC2CCC1C2)c1ccco1. The van der Waals surface area contributed by atoms with Crippen LogP contribution < -0.4 is 5.32 Å². The van der Waals surface area contributed by atoms with Crippen molar-refractivity contribution in [1.82, 2.24) is 5.32 Å². The molecule has 0 saturated heterocycles. The number of hydrogen-bond acceptors (Lipinski definition) is 2. The van der Waals surface area contributed by atoms with E-state index in [2.05, 4.69) is 18.3 Å². The Morgan fingerprint density at radius 1 is 1.41 bits per heavy atom. The second-order valence-electron chi connectivity index (χ2n) is 5.80. The molecule has 0 amide bonds. The molecule has 0 spiro atoms. The van der Waals surface area contributed by atoms with Crippen LogP contribution in [0.25, 0.3) is 0 Å². The molecule has 0 aromatic carbocycles. The van der Waals surface area contributed by atoms with E-state index in [1.54, 1.807) is 6.26 Å². The minimum atomic E-state index is 0.430. The Hall–Kier alpha value is -0.760. The highest BCUT2D eigenvalue weighted by atomic mass is 16.3. The van der Waals surface area contributed by atoms with Gasteiger partial charge in [0.05, 0.1) is 12.3 Å². The molecule has 1 aromatic heterocycles. The number of fused-ring (bicyclic) bond motifs is 2. The van der Waals surface area contributed by atoms with Crippen LogP contribution >= 0.6 is 0 Å². The quantitative estimate of drug-likeness (QED) is 0.837. The first-order valence-electron chi connectivity index (χ1n) is 7.13. The molecule has 3 rings (SSSR count). The molecule has 2 nitrogen and oxygen atoms in total. The number of furan rings is 1. The lowest BCUT2D eigenvalue weighted by atomic mass is 9.84. The summed E-state index contributed by atoms with van der Waals surface area (Å²) in [6.45, 7) is 3.20. The molecule has 0 radical (unpaired) electrons. The van der Waals surface area contributed by atoms with E-state index in [1.165, 1.54) is 32.1 Å². The molecule has 17 heavy (non-hydrogen) atoms. The maximum Gasteiger partial charge on any atom is 0.120 e. The number of nitrogens with one attached hydrogen (secondary N) is 1. The molecule has 4 unspecified atom stereocenters. The van der Waals surface area contributed by atoms with E-state index in [-0.39, 0.29) is 0 Å². The standard InChI is InChI=1S/C15H23NO/c1-2-16-14(15-4-3-7-17-15)10-13-9-11-5-6-12(13)8-11/h3-4,7,11-14,16H,2,5-6,8-10H2,1H3. The Kier molecular flexibility index (Phi) is 3.24. The lowest BCUT2D eigenvalue weighted by molar-refractivity contribution is 0.264. The fourth-order valence-electron chi connectivity index (χ4n) is 4.00. The summed E-state index contributed by atoms with van der Waals surface area (Å²) in [7, 11) is 0. The molecule has 2 bridgehead atoms. The van der Waals surface area contributed by atoms with E-state index in [1.807, 2.05) is 6.07 Å². The summed E-state index contributed by atoms with van der Waals surface area (Å²) in [4.78, 5) is 0. The number of rotatable bonds is 5. The molecule has 2 aliphatic rings. The first-order chi connectivity index (χ1) is 8.36. The first-order valence-corrected chi connectivity index (χ1v) is 7.13. The van der Waals surface area contributed by atoms with Gasteiger partial charge in [-0.25, -0.2) is 0 Å². The van der Waals surface area contributed by atoms with E-state index in [0.717, 1.165) is 30.1 Å². The second-order valence-corrected chi connectivity index (χ2v) is 5.80. The van der Waals surface area contributed by atoms with Gasteiger partial charge in [-0.2, -0.15) is 0 Å². The van der Waals surface area contributed by atoms with E-state index >= 15 is 0 Å². The topological polar surface area (TPSA) is 25.2 Å². The Balaban J connectivity index is 1.65. The molecule has 94 valence electrons. The highest BCUT2D eigenvalue weighted by Crippen LogP contribution is 2.50. The third-order valence-corrected chi connectivity index (χ3v) is 4.76. The summed E-state index contributed by atoms with van der Waals surface area (Å²) in [5.41, 5.74) is 0. The zero-order valence-corrected chi connectivity index (χ0v) is 10.7. The highest BCUT2D eigenvalue weighted by molar-refractivity contribution is 5.05. The predicted octanol–water partition coefficient (Wildman–Crippen LogP) is 3.76. The van der Waals surface area contributed by atoms with Crippen LogP contribution in [0.1, 0.15) is 50.8 Å². The van der Waals surface area contributed by atoms with Gasteiger partial charge in [0.2, 0.25) is 0 Å². The summed E-state index contributed by atoms with van der Waals surface area (Å²) < 4.78 is 5.58. The molecule has 1 N–H and O–H groups in total. The van der Waals surface area contributed by atoms with E-state index in [0.29, 0.717) is 6.04 Å². The molecule has 0 aliphatic heterocycles. The van der Waals surface area contributed by atoms with E-state index in [9.17, 15) is 0 Å². The van der Waals surface area contributed by atoms with Crippen LogP contribution in [0.3, 0.4) is 0 Å². The predicted molar refractivity (Wildman–Crippen MR) is 68.7 cm³/mol. The third kappa shape index (κ3) is 2.28. The van der Waals surface area contributed by atoms with Gasteiger partial charge in [0.1, 0.15) is 5.76 Å². The van der Waals surface area contributed by atoms with Gasteiger partial charge in [0.15, 0.2) is 0 Å². The van der Waals surface area contributed by atoms with Crippen molar-refractivity contribution in [2.45, 2.75) is 45.1 Å². The Morgan fingerprint density at radius 3 is 2.94 bits per heavy atom. The van der Waals surface area contributed by atoms with Crippen molar-refractivity contribution in [3.63, 3.8) is 0 Å². The van der Waals surface area contributed by atoms with Crippen molar-refractivity contribution < 1.29 is 4.42 Å². The fraction of sp³-hybridized carbons (Fsp3) is 0.733. The molecule has 2 heteroatoms. The third-order valence-electron chi connectivity index (χ3n) is 4.76. The fourth-order valence-corrected chi connectivity index (χ4v) is 4.00. The highest BCUT2D eigenvalue weighted by Gasteiger charge is 2.40. The molecule has 1 aromatic rings. The van der Waals surface area contributed by atoms with Gasteiger partial charge in [0, 0.05) is 0 Å². The van der Waals surface area contributed by atoms with Crippen molar-refractivity contribution in [2.75, 3.05) is 6.54 Å². The molecule has 2 fully saturated rings. The van der Waals surface area contributed by atoms with Gasteiger partial charge in [-0.3, -0.25) is 0 Å². The van der Waals surface area contributed by atoms with Crippen LogP contribution in [0.5, 0.6) is 0 Å². The van der Waals surface area contributed by atoms with Crippen molar-refractivity contribution in [3.8, 4) is 0 Å². The van der Waals surface area contributed by atoms with Crippen molar-refractivity contribution in [3.05, 3.63) is 24.2 Å². The van der Waals surface area contributed by atoms with Crippen LogP contribution in [-0.2, 0) is 0 Å². The molecule has 4 atom stereocenters. The minimum absolute atomic E-state index is 0.430. The van der Waals surface area contributed by atoms with Crippen LogP contribution in [0.15, 0.2) is 22.8 Å². The van der Waals surface area contributed by atoms with Crippen molar-refractivity contribution in [2.24, 2.45) is 17.8 Å². The lowest BCUT2D eigenvalue weighted by Gasteiger charge is -2.26. The van der Waals surface area contributed by atoms with Gasteiger partial charge >= 0.3 is 0 Å². The minimum Gasteiger partial charge on any atom is -0.468 e. The van der Waals surface area contributed by atoms with Crippen LogP contribution in [0.2, 0.25) is 0 Å². The van der Waals surface area contributed by atoms with Gasteiger partial charge in [-0.1, -0.05) is 13.3 Å². The van der Waals surface area contributed by atoms with Crippen LogP contribution in [-0.4, -0.2) is 6.54 Å². The van der Waals surface area contributed by atoms with Crippen LogP contribution in [0, 0.1) is 17.8 Å². The van der Waals surface area contributed by atoms with Gasteiger partial charge in [-0.05, 0) is 62.1 Å². The maximum atomic E-state index is 5.58. The Morgan fingerprint density at radius 2 is 2.35 bits per heavy atom. The maximum absolute atomic E-state index is 5.58. The Bertz CT molecular complexity index is 346. The largest absolute Gasteiger partial charge is 0.468 e. The lowest BCUT2D eigenvalue weighted by Crippen LogP contribution is -2.25. The summed E-state index contributed by atoms with van der Waals surface area (Å²) in [6.07, 6.45) is 9.00. The van der Waals surface area contributed by atoms with Gasteiger partial charge in [0.25, 0.3) is 0 Å².